The van der Waals surface area contributed by atoms with Gasteiger partial charge < -0.3 is 9.84 Å². The molecule has 0 bridgehead atoms. The third kappa shape index (κ3) is 1.87. The quantitative estimate of drug-likeness (QED) is 0.859. The maximum absolute atomic E-state index is 9.36. The van der Waals surface area contributed by atoms with Gasteiger partial charge in [-0.2, -0.15) is 0 Å². The van der Waals surface area contributed by atoms with Crippen molar-refractivity contribution in [3.63, 3.8) is 0 Å². The summed E-state index contributed by atoms with van der Waals surface area (Å²) in [5, 5.41) is 9.36. The fraction of sp³-hybridized carbons (Fsp3) is 0.538. The molecule has 3 heteroatoms. The molecule has 1 aliphatic rings. The van der Waals surface area contributed by atoms with Crippen molar-refractivity contribution in [3.8, 4) is 5.75 Å². The van der Waals surface area contributed by atoms with E-state index in [1.54, 1.807) is 0 Å². The SMILES string of the molecule is Cc1cc(Br)c(C)c2c1OC(C)(CO)CC2. The maximum atomic E-state index is 9.36. The molecule has 1 heterocycles. The van der Waals surface area contributed by atoms with Crippen LogP contribution < -0.4 is 4.74 Å². The minimum absolute atomic E-state index is 0.0704. The van der Waals surface area contributed by atoms with Crippen LogP contribution in [0.15, 0.2) is 10.5 Å². The zero-order valence-electron chi connectivity index (χ0n) is 9.93. The molecule has 0 aromatic heterocycles. The number of halogens is 1. The van der Waals surface area contributed by atoms with Crippen LogP contribution in [0.5, 0.6) is 5.75 Å². The molecule has 0 radical (unpaired) electrons. The summed E-state index contributed by atoms with van der Waals surface area (Å²) < 4.78 is 7.10. The summed E-state index contributed by atoms with van der Waals surface area (Å²) in [6, 6.07) is 2.08. The molecule has 0 saturated carbocycles. The average molecular weight is 285 g/mol. The van der Waals surface area contributed by atoms with Crippen LogP contribution in [0.25, 0.3) is 0 Å². The molecule has 1 aromatic carbocycles. The monoisotopic (exact) mass is 284 g/mol. The molecular weight excluding hydrogens is 268 g/mol. The van der Waals surface area contributed by atoms with E-state index >= 15 is 0 Å². The molecule has 0 amide bonds. The van der Waals surface area contributed by atoms with Gasteiger partial charge >= 0.3 is 0 Å². The van der Waals surface area contributed by atoms with Crippen molar-refractivity contribution in [2.45, 2.75) is 39.2 Å². The van der Waals surface area contributed by atoms with E-state index in [9.17, 15) is 5.11 Å². The molecule has 88 valence electrons. The number of aliphatic hydroxyl groups excluding tert-OH is 1. The van der Waals surface area contributed by atoms with E-state index < -0.39 is 5.60 Å². The molecule has 1 N–H and O–H groups in total. The maximum Gasteiger partial charge on any atom is 0.129 e. The Balaban J connectivity index is 2.51. The summed E-state index contributed by atoms with van der Waals surface area (Å²) in [7, 11) is 0. The van der Waals surface area contributed by atoms with E-state index in [-0.39, 0.29) is 6.61 Å². The third-order valence-corrected chi connectivity index (χ3v) is 4.20. The molecule has 0 fully saturated rings. The van der Waals surface area contributed by atoms with Gasteiger partial charge in [0.05, 0.1) is 6.61 Å². The van der Waals surface area contributed by atoms with Gasteiger partial charge in [0.15, 0.2) is 0 Å². The highest BCUT2D eigenvalue weighted by atomic mass is 79.9. The van der Waals surface area contributed by atoms with Crippen molar-refractivity contribution >= 4 is 15.9 Å². The Morgan fingerprint density at radius 1 is 1.50 bits per heavy atom. The van der Waals surface area contributed by atoms with Crippen LogP contribution in [0.4, 0.5) is 0 Å². The second-order valence-corrected chi connectivity index (χ2v) is 5.67. The van der Waals surface area contributed by atoms with Gasteiger partial charge in [-0.05, 0) is 56.4 Å². The normalized spacial score (nSPS) is 23.8. The van der Waals surface area contributed by atoms with Gasteiger partial charge in [-0.15, -0.1) is 0 Å². The van der Waals surface area contributed by atoms with E-state index in [0.29, 0.717) is 0 Å². The van der Waals surface area contributed by atoms with Crippen LogP contribution in [0.2, 0.25) is 0 Å². The Hall–Kier alpha value is -0.540. The predicted octanol–water partition coefficient (Wildman–Crippen LogP) is 3.14. The van der Waals surface area contributed by atoms with Crippen molar-refractivity contribution in [1.29, 1.82) is 0 Å². The number of hydrogen-bond acceptors (Lipinski definition) is 2. The average Bonchev–Trinajstić information content (AvgIpc) is 2.26. The first kappa shape index (κ1) is 11.9. The Labute approximate surface area is 105 Å². The minimum atomic E-state index is -0.419. The van der Waals surface area contributed by atoms with E-state index in [1.165, 1.54) is 11.1 Å². The summed E-state index contributed by atoms with van der Waals surface area (Å²) >= 11 is 3.57. The highest BCUT2D eigenvalue weighted by Gasteiger charge is 2.32. The molecule has 0 spiro atoms. The molecular formula is C13H17BrO2. The lowest BCUT2D eigenvalue weighted by Gasteiger charge is -2.36. The van der Waals surface area contributed by atoms with Gasteiger partial charge in [0.2, 0.25) is 0 Å². The van der Waals surface area contributed by atoms with Crippen molar-refractivity contribution in [3.05, 3.63) is 27.2 Å². The Morgan fingerprint density at radius 2 is 2.19 bits per heavy atom. The Kier molecular flexibility index (Phi) is 3.01. The zero-order chi connectivity index (χ0) is 11.9. The second-order valence-electron chi connectivity index (χ2n) is 4.82. The number of fused-ring (bicyclic) bond motifs is 1. The number of hydrogen-bond donors (Lipinski definition) is 1. The number of ether oxygens (including phenoxy) is 1. The van der Waals surface area contributed by atoms with Crippen LogP contribution in [-0.2, 0) is 6.42 Å². The molecule has 1 unspecified atom stereocenters. The van der Waals surface area contributed by atoms with Crippen LogP contribution in [0.3, 0.4) is 0 Å². The van der Waals surface area contributed by atoms with Gasteiger partial charge in [0, 0.05) is 4.47 Å². The fourth-order valence-electron chi connectivity index (χ4n) is 2.16. The van der Waals surface area contributed by atoms with E-state index in [1.807, 2.05) is 13.8 Å². The first-order valence-electron chi connectivity index (χ1n) is 5.55. The zero-order valence-corrected chi connectivity index (χ0v) is 11.5. The molecule has 2 rings (SSSR count). The Morgan fingerprint density at radius 3 is 2.81 bits per heavy atom. The smallest absolute Gasteiger partial charge is 0.129 e. The summed E-state index contributed by atoms with van der Waals surface area (Å²) in [6.07, 6.45) is 1.84. The van der Waals surface area contributed by atoms with Crippen molar-refractivity contribution in [2.75, 3.05) is 6.61 Å². The summed E-state index contributed by atoms with van der Waals surface area (Å²) in [5.41, 5.74) is 3.24. The van der Waals surface area contributed by atoms with Crippen LogP contribution in [-0.4, -0.2) is 17.3 Å². The number of aryl methyl sites for hydroxylation is 1. The first-order chi connectivity index (χ1) is 7.47. The molecule has 0 saturated heterocycles. The molecule has 16 heavy (non-hydrogen) atoms. The van der Waals surface area contributed by atoms with Crippen LogP contribution in [0, 0.1) is 13.8 Å². The molecule has 1 aromatic rings. The van der Waals surface area contributed by atoms with Crippen LogP contribution >= 0.6 is 15.9 Å². The standard InChI is InChI=1S/C13H17BrO2/c1-8-6-11(14)9(2)10-4-5-13(3,7-15)16-12(8)10/h6,15H,4-5,7H2,1-3H3. The fourth-order valence-corrected chi connectivity index (χ4v) is 2.74. The second kappa shape index (κ2) is 4.04. The van der Waals surface area contributed by atoms with Crippen molar-refractivity contribution in [2.24, 2.45) is 0 Å². The van der Waals surface area contributed by atoms with Gasteiger partial charge in [-0.3, -0.25) is 0 Å². The first-order valence-corrected chi connectivity index (χ1v) is 6.34. The predicted molar refractivity (Wildman–Crippen MR) is 68.1 cm³/mol. The molecule has 1 atom stereocenters. The van der Waals surface area contributed by atoms with E-state index in [2.05, 4.69) is 28.9 Å². The molecule has 0 aliphatic carbocycles. The number of benzene rings is 1. The summed E-state index contributed by atoms with van der Waals surface area (Å²) in [4.78, 5) is 0. The van der Waals surface area contributed by atoms with Gasteiger partial charge in [0.1, 0.15) is 11.4 Å². The third-order valence-electron chi connectivity index (χ3n) is 3.37. The van der Waals surface area contributed by atoms with Crippen LogP contribution in [0.1, 0.15) is 30.0 Å². The van der Waals surface area contributed by atoms with E-state index in [0.717, 1.165) is 28.6 Å². The number of aliphatic hydroxyl groups is 1. The molecule has 2 nitrogen and oxygen atoms in total. The highest BCUT2D eigenvalue weighted by molar-refractivity contribution is 9.10. The summed E-state index contributed by atoms with van der Waals surface area (Å²) in [5.74, 6) is 0.962. The van der Waals surface area contributed by atoms with Crippen molar-refractivity contribution < 1.29 is 9.84 Å². The van der Waals surface area contributed by atoms with Crippen molar-refractivity contribution in [1.82, 2.24) is 0 Å². The highest BCUT2D eigenvalue weighted by Crippen LogP contribution is 2.40. The summed E-state index contributed by atoms with van der Waals surface area (Å²) in [6.45, 7) is 6.19. The van der Waals surface area contributed by atoms with Gasteiger partial charge in [-0.25, -0.2) is 0 Å². The largest absolute Gasteiger partial charge is 0.485 e. The lowest BCUT2D eigenvalue weighted by molar-refractivity contribution is 0.00733. The van der Waals surface area contributed by atoms with E-state index in [4.69, 9.17) is 4.74 Å². The lowest BCUT2D eigenvalue weighted by Crippen LogP contribution is -2.40. The lowest BCUT2D eigenvalue weighted by atomic mass is 9.90. The Bertz CT molecular complexity index is 428. The van der Waals surface area contributed by atoms with Gasteiger partial charge in [0.25, 0.3) is 0 Å². The van der Waals surface area contributed by atoms with Gasteiger partial charge in [-0.1, -0.05) is 15.9 Å². The molecule has 1 aliphatic heterocycles. The number of rotatable bonds is 1. The topological polar surface area (TPSA) is 29.5 Å². The minimum Gasteiger partial charge on any atom is -0.485 e.